The Balaban J connectivity index is 1.82. The molecular formula is C16H17ClN4O3. The van der Waals surface area contributed by atoms with Crippen molar-refractivity contribution < 1.29 is 9.59 Å². The molecule has 4 N–H and O–H groups in total. The third-order valence-corrected chi connectivity index (χ3v) is 4.53. The fraction of sp³-hybridized carbons (Fsp3) is 0.312. The largest absolute Gasteiger partial charge is 0.369 e. The molecule has 8 heteroatoms. The zero-order valence-electron chi connectivity index (χ0n) is 12.8. The van der Waals surface area contributed by atoms with Crippen LogP contribution in [0.15, 0.2) is 29.2 Å². The van der Waals surface area contributed by atoms with Crippen LogP contribution in [0.5, 0.6) is 0 Å². The van der Waals surface area contributed by atoms with Crippen molar-refractivity contribution in [2.24, 2.45) is 11.7 Å². The van der Waals surface area contributed by atoms with Gasteiger partial charge in [-0.05, 0) is 25.0 Å². The maximum absolute atomic E-state index is 12.5. The molecule has 0 radical (unpaired) electrons. The summed E-state index contributed by atoms with van der Waals surface area (Å²) in [5, 5.41) is 3.43. The average molecular weight is 349 g/mol. The highest BCUT2D eigenvalue weighted by Gasteiger charge is 2.27. The lowest BCUT2D eigenvalue weighted by Gasteiger charge is -2.31. The zero-order chi connectivity index (χ0) is 17.3. The number of hydrogen-bond acceptors (Lipinski definition) is 3. The molecule has 0 aliphatic carbocycles. The van der Waals surface area contributed by atoms with Crippen LogP contribution in [0, 0.1) is 5.92 Å². The number of H-pyrrole nitrogens is 1. The molecule has 1 saturated heterocycles. The molecule has 3 amide bonds. The number of anilines is 1. The van der Waals surface area contributed by atoms with Crippen LogP contribution in [-0.2, 0) is 4.79 Å². The van der Waals surface area contributed by atoms with Crippen molar-refractivity contribution in [1.29, 1.82) is 0 Å². The Morgan fingerprint density at radius 1 is 1.38 bits per heavy atom. The van der Waals surface area contributed by atoms with Crippen LogP contribution in [0.4, 0.5) is 10.5 Å². The van der Waals surface area contributed by atoms with Crippen LogP contribution in [0.25, 0.3) is 10.9 Å². The SMILES string of the molecule is NC(=O)C1CCCN(C(=O)Nc2c[nH]c3c(Cl)cccc3c2=O)C1. The first kappa shape index (κ1) is 16.3. The van der Waals surface area contributed by atoms with Crippen LogP contribution in [0.2, 0.25) is 5.02 Å². The fourth-order valence-corrected chi connectivity index (χ4v) is 3.13. The van der Waals surface area contributed by atoms with Gasteiger partial charge in [0.2, 0.25) is 11.3 Å². The van der Waals surface area contributed by atoms with E-state index in [1.54, 1.807) is 18.2 Å². The van der Waals surface area contributed by atoms with Gasteiger partial charge in [0.25, 0.3) is 0 Å². The van der Waals surface area contributed by atoms with Crippen LogP contribution in [0.1, 0.15) is 12.8 Å². The highest BCUT2D eigenvalue weighted by molar-refractivity contribution is 6.35. The minimum atomic E-state index is -0.423. The topological polar surface area (TPSA) is 108 Å². The van der Waals surface area contributed by atoms with Gasteiger partial charge in [0.15, 0.2) is 0 Å². The van der Waals surface area contributed by atoms with Crippen molar-refractivity contribution in [2.45, 2.75) is 12.8 Å². The summed E-state index contributed by atoms with van der Waals surface area (Å²) in [7, 11) is 0. The van der Waals surface area contributed by atoms with E-state index in [4.69, 9.17) is 17.3 Å². The third-order valence-electron chi connectivity index (χ3n) is 4.22. The van der Waals surface area contributed by atoms with Gasteiger partial charge in [0, 0.05) is 24.7 Å². The molecule has 1 aromatic heterocycles. The molecule has 24 heavy (non-hydrogen) atoms. The van der Waals surface area contributed by atoms with E-state index < -0.39 is 11.9 Å². The second kappa shape index (κ2) is 6.52. The Morgan fingerprint density at radius 2 is 2.17 bits per heavy atom. The van der Waals surface area contributed by atoms with Crippen molar-refractivity contribution in [2.75, 3.05) is 18.4 Å². The molecule has 1 aromatic carbocycles. The van der Waals surface area contributed by atoms with E-state index in [1.807, 2.05) is 0 Å². The summed E-state index contributed by atoms with van der Waals surface area (Å²) in [4.78, 5) is 40.6. The number of primary amides is 1. The van der Waals surface area contributed by atoms with Gasteiger partial charge in [0.1, 0.15) is 5.69 Å². The number of carbonyl (C=O) groups is 2. The zero-order valence-corrected chi connectivity index (χ0v) is 13.6. The van der Waals surface area contributed by atoms with Crippen molar-refractivity contribution in [1.82, 2.24) is 9.88 Å². The predicted octanol–water partition coefficient (Wildman–Crippen LogP) is 1.91. The van der Waals surface area contributed by atoms with Crippen molar-refractivity contribution >= 4 is 40.1 Å². The van der Waals surface area contributed by atoms with E-state index in [-0.39, 0.29) is 23.6 Å². The number of benzene rings is 1. The minimum absolute atomic E-state index is 0.135. The summed E-state index contributed by atoms with van der Waals surface area (Å²) < 4.78 is 0. The lowest BCUT2D eigenvalue weighted by atomic mass is 9.98. The van der Waals surface area contributed by atoms with Gasteiger partial charge in [0.05, 0.1) is 16.5 Å². The first-order chi connectivity index (χ1) is 11.5. The Hall–Kier alpha value is -2.54. The Morgan fingerprint density at radius 3 is 2.92 bits per heavy atom. The van der Waals surface area contributed by atoms with E-state index in [1.165, 1.54) is 11.1 Å². The molecule has 1 aliphatic heterocycles. The number of para-hydroxylation sites is 1. The maximum atomic E-state index is 12.5. The number of nitrogens with two attached hydrogens (primary N) is 1. The molecule has 126 valence electrons. The molecule has 1 fully saturated rings. The molecule has 7 nitrogen and oxygen atoms in total. The number of nitrogens with zero attached hydrogens (tertiary/aromatic N) is 1. The number of fused-ring (bicyclic) bond motifs is 1. The standard InChI is InChI=1S/C16H17ClN4O3/c17-11-5-1-4-10-13(11)19-7-12(14(10)22)20-16(24)21-6-2-3-9(8-21)15(18)23/h1,4-5,7,9H,2-3,6,8H2,(H2,18,23)(H,19,22)(H,20,24). The van der Waals surface area contributed by atoms with Gasteiger partial charge in [-0.15, -0.1) is 0 Å². The molecule has 1 aliphatic rings. The number of piperidine rings is 1. The van der Waals surface area contributed by atoms with Gasteiger partial charge >= 0.3 is 6.03 Å². The molecule has 3 rings (SSSR count). The van der Waals surface area contributed by atoms with Gasteiger partial charge < -0.3 is 20.9 Å². The van der Waals surface area contributed by atoms with E-state index in [2.05, 4.69) is 10.3 Å². The van der Waals surface area contributed by atoms with Crippen LogP contribution >= 0.6 is 11.6 Å². The first-order valence-electron chi connectivity index (χ1n) is 7.62. The Kier molecular flexibility index (Phi) is 4.44. The second-order valence-corrected chi connectivity index (χ2v) is 6.22. The van der Waals surface area contributed by atoms with Crippen LogP contribution in [0.3, 0.4) is 0 Å². The number of rotatable bonds is 2. The number of urea groups is 1. The summed E-state index contributed by atoms with van der Waals surface area (Å²) in [6.45, 7) is 0.783. The molecule has 0 bridgehead atoms. The summed E-state index contributed by atoms with van der Waals surface area (Å²) in [5.41, 5.74) is 5.66. The second-order valence-electron chi connectivity index (χ2n) is 5.81. The number of pyridine rings is 1. The van der Waals surface area contributed by atoms with Gasteiger partial charge in [-0.3, -0.25) is 9.59 Å². The predicted molar refractivity (Wildman–Crippen MR) is 92.1 cm³/mol. The third kappa shape index (κ3) is 3.07. The molecule has 1 atom stereocenters. The molecule has 2 heterocycles. The summed E-state index contributed by atoms with van der Waals surface area (Å²) in [5.74, 6) is -0.760. The number of halogens is 1. The van der Waals surface area contributed by atoms with Crippen molar-refractivity contribution in [3.05, 3.63) is 39.6 Å². The minimum Gasteiger partial charge on any atom is -0.369 e. The normalized spacial score (nSPS) is 17.7. The number of nitrogens with one attached hydrogen (secondary N) is 2. The highest BCUT2D eigenvalue weighted by Crippen LogP contribution is 2.20. The van der Waals surface area contributed by atoms with Gasteiger partial charge in [-0.25, -0.2) is 4.79 Å². The first-order valence-corrected chi connectivity index (χ1v) is 8.00. The molecular weight excluding hydrogens is 332 g/mol. The summed E-state index contributed by atoms with van der Waals surface area (Å²) >= 11 is 6.05. The van der Waals surface area contributed by atoms with E-state index in [0.717, 1.165) is 0 Å². The molecule has 0 spiro atoms. The number of aromatic nitrogens is 1. The lowest BCUT2D eigenvalue weighted by Crippen LogP contribution is -2.46. The molecule has 2 aromatic rings. The average Bonchev–Trinajstić information content (AvgIpc) is 2.58. The van der Waals surface area contributed by atoms with Gasteiger partial charge in [-0.2, -0.15) is 0 Å². The Bertz CT molecular complexity index is 864. The number of likely N-dealkylation sites (tertiary alicyclic amines) is 1. The number of carbonyl (C=O) groups excluding carboxylic acids is 2. The van der Waals surface area contributed by atoms with E-state index in [9.17, 15) is 14.4 Å². The smallest absolute Gasteiger partial charge is 0.322 e. The molecule has 0 saturated carbocycles. The maximum Gasteiger partial charge on any atom is 0.322 e. The van der Waals surface area contributed by atoms with Crippen LogP contribution < -0.4 is 16.5 Å². The van der Waals surface area contributed by atoms with E-state index in [0.29, 0.717) is 35.3 Å². The van der Waals surface area contributed by atoms with Crippen molar-refractivity contribution in [3.8, 4) is 0 Å². The Labute approximate surface area is 142 Å². The number of amides is 3. The van der Waals surface area contributed by atoms with Crippen molar-refractivity contribution in [3.63, 3.8) is 0 Å². The monoisotopic (exact) mass is 348 g/mol. The van der Waals surface area contributed by atoms with E-state index >= 15 is 0 Å². The number of hydrogen-bond donors (Lipinski definition) is 3. The number of aromatic amines is 1. The lowest BCUT2D eigenvalue weighted by molar-refractivity contribution is -0.123. The fourth-order valence-electron chi connectivity index (χ4n) is 2.90. The van der Waals surface area contributed by atoms with Crippen LogP contribution in [-0.4, -0.2) is 34.9 Å². The van der Waals surface area contributed by atoms with Gasteiger partial charge in [-0.1, -0.05) is 17.7 Å². The summed E-state index contributed by atoms with van der Waals surface area (Å²) in [6.07, 6.45) is 2.79. The quantitative estimate of drug-likeness (QED) is 0.771. The molecule has 1 unspecified atom stereocenters. The highest BCUT2D eigenvalue weighted by atomic mass is 35.5. The summed E-state index contributed by atoms with van der Waals surface area (Å²) in [6, 6.07) is 4.57.